The van der Waals surface area contributed by atoms with Gasteiger partial charge in [-0.25, -0.2) is 0 Å². The average Bonchev–Trinajstić information content (AvgIpc) is 2.60. The molecule has 3 rings (SSSR count). The number of nitrogens with two attached hydrogens (primary N) is 1. The van der Waals surface area contributed by atoms with Crippen molar-refractivity contribution < 1.29 is 15.0 Å². The van der Waals surface area contributed by atoms with E-state index < -0.39 is 17.4 Å². The van der Waals surface area contributed by atoms with Crippen molar-refractivity contribution in [3.8, 4) is 11.5 Å². The lowest BCUT2D eigenvalue weighted by molar-refractivity contribution is 0.0970. The maximum atomic E-state index is 12.6. The van der Waals surface area contributed by atoms with Gasteiger partial charge in [0.05, 0.1) is 5.52 Å². The fraction of sp³-hybridized carbons (Fsp3) is 0.158. The Morgan fingerprint density at radius 3 is 2.48 bits per heavy atom. The molecule has 128 valence electrons. The third-order valence-electron chi connectivity index (χ3n) is 4.30. The number of carbonyl (C=O) groups is 1. The van der Waals surface area contributed by atoms with Crippen molar-refractivity contribution in [2.45, 2.75) is 12.5 Å². The zero-order valence-electron chi connectivity index (χ0n) is 13.6. The summed E-state index contributed by atoms with van der Waals surface area (Å²) in [4.78, 5) is 25.2. The number of phenolic OH excluding ortho intramolecular Hbond substituents is 1. The standard InChI is InChI=1S/C19H18N2O4/c1-21-14-8-4-2-7-12(14)18(24)17(19(21)25)16(23)10-13(20)11-6-3-5-9-15(11)22/h2-9,13,22,24H,10,20H2,1H3/t13-/m1/s1. The van der Waals surface area contributed by atoms with Gasteiger partial charge in [0.1, 0.15) is 17.1 Å². The number of para-hydroxylation sites is 2. The van der Waals surface area contributed by atoms with Crippen molar-refractivity contribution in [1.29, 1.82) is 0 Å². The van der Waals surface area contributed by atoms with Crippen LogP contribution >= 0.6 is 0 Å². The summed E-state index contributed by atoms with van der Waals surface area (Å²) in [5, 5.41) is 20.7. The number of aryl methyl sites for hydroxylation is 1. The van der Waals surface area contributed by atoms with Gasteiger partial charge in [0.2, 0.25) is 0 Å². The van der Waals surface area contributed by atoms with Crippen LogP contribution in [0, 0.1) is 0 Å². The van der Waals surface area contributed by atoms with Gasteiger partial charge in [-0.15, -0.1) is 0 Å². The highest BCUT2D eigenvalue weighted by Crippen LogP contribution is 2.29. The molecule has 1 atom stereocenters. The molecule has 0 spiro atoms. The van der Waals surface area contributed by atoms with Gasteiger partial charge in [0.15, 0.2) is 5.78 Å². The lowest BCUT2D eigenvalue weighted by atomic mass is 9.97. The third kappa shape index (κ3) is 2.88. The predicted molar refractivity (Wildman–Crippen MR) is 94.8 cm³/mol. The lowest BCUT2D eigenvalue weighted by Crippen LogP contribution is -2.27. The Bertz CT molecular complexity index is 1020. The average molecular weight is 338 g/mol. The summed E-state index contributed by atoms with van der Waals surface area (Å²) < 4.78 is 1.33. The highest BCUT2D eigenvalue weighted by Gasteiger charge is 2.23. The summed E-state index contributed by atoms with van der Waals surface area (Å²) in [5.74, 6) is -0.925. The number of hydrogen-bond acceptors (Lipinski definition) is 5. The molecule has 3 aromatic rings. The van der Waals surface area contributed by atoms with Crippen LogP contribution in [0.5, 0.6) is 11.5 Å². The Hall–Kier alpha value is -3.12. The van der Waals surface area contributed by atoms with Gasteiger partial charge >= 0.3 is 0 Å². The first-order valence-electron chi connectivity index (χ1n) is 7.79. The maximum absolute atomic E-state index is 12.6. The maximum Gasteiger partial charge on any atom is 0.265 e. The number of Topliss-reactive ketones (excluding diaryl/α,β-unsaturated/α-hetero) is 1. The van der Waals surface area contributed by atoms with Crippen LogP contribution in [0.4, 0.5) is 0 Å². The van der Waals surface area contributed by atoms with Crippen LogP contribution in [0.3, 0.4) is 0 Å². The second-order valence-corrected chi connectivity index (χ2v) is 5.90. The molecular weight excluding hydrogens is 320 g/mol. The van der Waals surface area contributed by atoms with Gasteiger partial charge in [-0.05, 0) is 18.2 Å². The van der Waals surface area contributed by atoms with Gasteiger partial charge in [0, 0.05) is 30.5 Å². The van der Waals surface area contributed by atoms with Crippen molar-refractivity contribution in [2.75, 3.05) is 0 Å². The van der Waals surface area contributed by atoms with Crippen LogP contribution in [0.1, 0.15) is 28.4 Å². The lowest BCUT2D eigenvalue weighted by Gasteiger charge is -2.15. The van der Waals surface area contributed by atoms with E-state index in [1.54, 1.807) is 49.5 Å². The first-order valence-corrected chi connectivity index (χ1v) is 7.79. The SMILES string of the molecule is Cn1c(=O)c(C(=O)C[C@@H](N)c2ccccc2O)c(O)c2ccccc21. The summed E-state index contributed by atoms with van der Waals surface area (Å²) in [6.45, 7) is 0. The largest absolute Gasteiger partial charge is 0.508 e. The quantitative estimate of drug-likeness (QED) is 0.633. The molecule has 0 amide bonds. The zero-order valence-corrected chi connectivity index (χ0v) is 13.6. The number of phenols is 1. The van der Waals surface area contributed by atoms with E-state index in [0.29, 0.717) is 16.5 Å². The molecule has 25 heavy (non-hydrogen) atoms. The number of rotatable bonds is 4. The molecule has 1 aromatic heterocycles. The van der Waals surface area contributed by atoms with Crippen molar-refractivity contribution in [2.24, 2.45) is 12.8 Å². The minimum Gasteiger partial charge on any atom is -0.508 e. The second kappa shape index (κ2) is 6.41. The highest BCUT2D eigenvalue weighted by molar-refractivity contribution is 6.03. The van der Waals surface area contributed by atoms with E-state index in [1.807, 2.05) is 0 Å². The van der Waals surface area contributed by atoms with E-state index in [0.717, 1.165) is 0 Å². The van der Waals surface area contributed by atoms with Gasteiger partial charge in [-0.1, -0.05) is 30.3 Å². The molecular formula is C19H18N2O4. The number of aromatic nitrogens is 1. The summed E-state index contributed by atoms with van der Waals surface area (Å²) in [6, 6.07) is 12.5. The highest BCUT2D eigenvalue weighted by atomic mass is 16.3. The smallest absolute Gasteiger partial charge is 0.265 e. The predicted octanol–water partition coefficient (Wildman–Crippen LogP) is 2.22. The number of pyridine rings is 1. The summed E-state index contributed by atoms with van der Waals surface area (Å²) in [6.07, 6.45) is -0.210. The summed E-state index contributed by atoms with van der Waals surface area (Å²) >= 11 is 0. The van der Waals surface area contributed by atoms with Gasteiger partial charge in [0.25, 0.3) is 5.56 Å². The van der Waals surface area contributed by atoms with Gasteiger partial charge in [-0.2, -0.15) is 0 Å². The fourth-order valence-electron chi connectivity index (χ4n) is 2.94. The molecule has 0 fully saturated rings. The van der Waals surface area contributed by atoms with Crippen LogP contribution in [0.25, 0.3) is 10.9 Å². The molecule has 0 radical (unpaired) electrons. The van der Waals surface area contributed by atoms with Crippen molar-refractivity contribution in [3.63, 3.8) is 0 Å². The van der Waals surface area contributed by atoms with Crippen LogP contribution in [0.15, 0.2) is 53.3 Å². The van der Waals surface area contributed by atoms with Crippen LogP contribution in [-0.2, 0) is 7.05 Å². The van der Waals surface area contributed by atoms with Gasteiger partial charge < -0.3 is 20.5 Å². The van der Waals surface area contributed by atoms with E-state index in [-0.39, 0.29) is 23.5 Å². The van der Waals surface area contributed by atoms with E-state index in [9.17, 15) is 19.8 Å². The van der Waals surface area contributed by atoms with Crippen LogP contribution in [0.2, 0.25) is 0 Å². The molecule has 0 aliphatic carbocycles. The molecule has 0 saturated carbocycles. The van der Waals surface area contributed by atoms with E-state index in [4.69, 9.17) is 5.73 Å². The molecule has 0 aliphatic rings. The molecule has 6 nitrogen and oxygen atoms in total. The number of carbonyl (C=O) groups excluding carboxylic acids is 1. The molecule has 0 aliphatic heterocycles. The number of nitrogens with zero attached hydrogens (tertiary/aromatic N) is 1. The summed E-state index contributed by atoms with van der Waals surface area (Å²) in [7, 11) is 1.55. The number of ketones is 1. The normalized spacial score (nSPS) is 12.2. The molecule has 0 saturated heterocycles. The number of aromatic hydroxyl groups is 2. The summed E-state index contributed by atoms with van der Waals surface area (Å²) in [5.41, 5.74) is 6.09. The Morgan fingerprint density at radius 1 is 1.12 bits per heavy atom. The van der Waals surface area contributed by atoms with Gasteiger partial charge in [-0.3, -0.25) is 9.59 Å². The molecule has 2 aromatic carbocycles. The molecule has 0 unspecified atom stereocenters. The minimum atomic E-state index is -0.788. The second-order valence-electron chi connectivity index (χ2n) is 5.90. The third-order valence-corrected chi connectivity index (χ3v) is 4.30. The van der Waals surface area contributed by atoms with Crippen molar-refractivity contribution >= 4 is 16.7 Å². The van der Waals surface area contributed by atoms with E-state index in [2.05, 4.69) is 0 Å². The Kier molecular flexibility index (Phi) is 4.29. The van der Waals surface area contributed by atoms with Crippen molar-refractivity contribution in [3.05, 3.63) is 70.0 Å². The number of hydrogen-bond donors (Lipinski definition) is 3. The first kappa shape index (κ1) is 16.7. The monoisotopic (exact) mass is 338 g/mol. The minimum absolute atomic E-state index is 0.0153. The number of fused-ring (bicyclic) bond motifs is 1. The zero-order chi connectivity index (χ0) is 18.1. The van der Waals surface area contributed by atoms with E-state index >= 15 is 0 Å². The molecule has 1 heterocycles. The molecule has 6 heteroatoms. The molecule has 4 N–H and O–H groups in total. The Labute approximate surface area is 143 Å². The Balaban J connectivity index is 2.03. The fourth-order valence-corrected chi connectivity index (χ4v) is 2.94. The number of benzene rings is 2. The van der Waals surface area contributed by atoms with Crippen LogP contribution < -0.4 is 11.3 Å². The molecule has 0 bridgehead atoms. The van der Waals surface area contributed by atoms with Crippen molar-refractivity contribution in [1.82, 2.24) is 4.57 Å². The Morgan fingerprint density at radius 2 is 1.76 bits per heavy atom. The van der Waals surface area contributed by atoms with E-state index in [1.165, 1.54) is 10.6 Å². The topological polar surface area (TPSA) is 106 Å². The first-order chi connectivity index (χ1) is 11.9. The van der Waals surface area contributed by atoms with Crippen LogP contribution in [-0.4, -0.2) is 20.6 Å².